The first-order valence-corrected chi connectivity index (χ1v) is 6.67. The van der Waals surface area contributed by atoms with E-state index in [2.05, 4.69) is 10.1 Å². The van der Waals surface area contributed by atoms with Crippen molar-refractivity contribution in [1.29, 1.82) is 0 Å². The molecule has 1 aromatic heterocycles. The Hall–Kier alpha value is -1.42. The normalized spacial score (nSPS) is 23.6. The van der Waals surface area contributed by atoms with Crippen molar-refractivity contribution in [3.63, 3.8) is 0 Å². The molecule has 3 rings (SSSR count). The van der Waals surface area contributed by atoms with E-state index in [1.807, 2.05) is 0 Å². The highest BCUT2D eigenvalue weighted by Gasteiger charge is 2.37. The van der Waals surface area contributed by atoms with Gasteiger partial charge in [-0.1, -0.05) is 24.4 Å². The average Bonchev–Trinajstić information content (AvgIpc) is 2.56. The Morgan fingerprint density at radius 3 is 3.06 bits per heavy atom. The van der Waals surface area contributed by atoms with Gasteiger partial charge in [0.15, 0.2) is 5.15 Å². The van der Waals surface area contributed by atoms with Crippen LogP contribution in [-0.4, -0.2) is 16.6 Å². The molecule has 0 spiro atoms. The van der Waals surface area contributed by atoms with Crippen molar-refractivity contribution >= 4 is 28.9 Å². The second-order valence-corrected chi connectivity index (χ2v) is 5.06. The lowest BCUT2D eigenvalue weighted by Crippen LogP contribution is -2.27. The van der Waals surface area contributed by atoms with Crippen LogP contribution in [0, 0.1) is 5.92 Å². The predicted octanol–water partition coefficient (Wildman–Crippen LogP) is 3.02. The van der Waals surface area contributed by atoms with Crippen LogP contribution in [0.1, 0.15) is 32.1 Å². The van der Waals surface area contributed by atoms with E-state index in [0.29, 0.717) is 10.8 Å². The number of carbonyl (C=O) groups is 1. The first kappa shape index (κ1) is 11.7. The number of fused-ring (bicyclic) bond motifs is 1. The molecule has 1 aliphatic carbocycles. The van der Waals surface area contributed by atoms with Gasteiger partial charge in [0.25, 0.3) is 5.91 Å². The van der Waals surface area contributed by atoms with Gasteiger partial charge in [0.1, 0.15) is 5.69 Å². The molecule has 1 fully saturated rings. The first-order chi connectivity index (χ1) is 8.77. The SMILES string of the molecule is O=C1C2CCCCCC2=NN1c1cccnc1Cl. The zero-order valence-corrected chi connectivity index (χ0v) is 10.7. The van der Waals surface area contributed by atoms with E-state index in [1.54, 1.807) is 18.3 Å². The molecule has 0 aromatic carbocycles. The van der Waals surface area contributed by atoms with Gasteiger partial charge in [0.2, 0.25) is 0 Å². The lowest BCUT2D eigenvalue weighted by Gasteiger charge is -2.14. The number of halogens is 1. The van der Waals surface area contributed by atoms with Gasteiger partial charge in [0.05, 0.1) is 11.6 Å². The molecule has 1 saturated carbocycles. The minimum Gasteiger partial charge on any atom is -0.272 e. The van der Waals surface area contributed by atoms with E-state index < -0.39 is 0 Å². The van der Waals surface area contributed by atoms with Gasteiger partial charge in [-0.05, 0) is 31.4 Å². The van der Waals surface area contributed by atoms with Crippen LogP contribution in [0.15, 0.2) is 23.4 Å². The van der Waals surface area contributed by atoms with Gasteiger partial charge in [-0.15, -0.1) is 0 Å². The number of carbonyl (C=O) groups excluding carboxylic acids is 1. The number of aromatic nitrogens is 1. The molecule has 2 aliphatic rings. The number of nitrogens with zero attached hydrogens (tertiary/aromatic N) is 3. The highest BCUT2D eigenvalue weighted by Crippen LogP contribution is 2.33. The van der Waals surface area contributed by atoms with Crippen LogP contribution >= 0.6 is 11.6 Å². The summed E-state index contributed by atoms with van der Waals surface area (Å²) in [6.45, 7) is 0. The van der Waals surface area contributed by atoms with E-state index in [9.17, 15) is 4.79 Å². The Balaban J connectivity index is 1.95. The third-order valence-electron chi connectivity index (χ3n) is 3.53. The van der Waals surface area contributed by atoms with E-state index in [4.69, 9.17) is 11.6 Å². The van der Waals surface area contributed by atoms with Crippen LogP contribution in [0.4, 0.5) is 5.69 Å². The number of hydrazone groups is 1. The molecular formula is C13H14ClN3O. The lowest BCUT2D eigenvalue weighted by molar-refractivity contribution is -0.119. The third-order valence-corrected chi connectivity index (χ3v) is 3.82. The Labute approximate surface area is 111 Å². The summed E-state index contributed by atoms with van der Waals surface area (Å²) in [6, 6.07) is 3.55. The molecule has 1 unspecified atom stereocenters. The fourth-order valence-electron chi connectivity index (χ4n) is 2.59. The van der Waals surface area contributed by atoms with E-state index in [-0.39, 0.29) is 11.8 Å². The summed E-state index contributed by atoms with van der Waals surface area (Å²) in [6.07, 6.45) is 6.85. The molecular weight excluding hydrogens is 250 g/mol. The van der Waals surface area contributed by atoms with Crippen molar-refractivity contribution in [3.8, 4) is 0 Å². The first-order valence-electron chi connectivity index (χ1n) is 6.29. The lowest BCUT2D eigenvalue weighted by atomic mass is 9.98. The Morgan fingerprint density at radius 2 is 2.22 bits per heavy atom. The molecule has 0 radical (unpaired) electrons. The fraction of sp³-hybridized carbons (Fsp3) is 0.462. The minimum absolute atomic E-state index is 0.0382. The zero-order valence-electron chi connectivity index (χ0n) is 9.97. The van der Waals surface area contributed by atoms with Crippen molar-refractivity contribution in [2.75, 3.05) is 5.01 Å². The van der Waals surface area contributed by atoms with Crippen molar-refractivity contribution in [2.24, 2.45) is 11.0 Å². The van der Waals surface area contributed by atoms with Crippen LogP contribution in [0.2, 0.25) is 5.15 Å². The minimum atomic E-state index is -0.0382. The van der Waals surface area contributed by atoms with Crippen molar-refractivity contribution in [3.05, 3.63) is 23.5 Å². The van der Waals surface area contributed by atoms with Gasteiger partial charge in [-0.2, -0.15) is 10.1 Å². The maximum atomic E-state index is 12.4. The highest BCUT2D eigenvalue weighted by atomic mass is 35.5. The molecule has 1 atom stereocenters. The average molecular weight is 264 g/mol. The van der Waals surface area contributed by atoms with Crippen LogP contribution < -0.4 is 5.01 Å². The van der Waals surface area contributed by atoms with Gasteiger partial charge < -0.3 is 0 Å². The summed E-state index contributed by atoms with van der Waals surface area (Å²) in [5.41, 5.74) is 1.60. The van der Waals surface area contributed by atoms with Gasteiger partial charge in [-0.25, -0.2) is 4.98 Å². The van der Waals surface area contributed by atoms with Crippen LogP contribution in [0.5, 0.6) is 0 Å². The second-order valence-electron chi connectivity index (χ2n) is 4.71. The van der Waals surface area contributed by atoms with Gasteiger partial charge in [0, 0.05) is 6.20 Å². The molecule has 0 saturated heterocycles. The Bertz CT molecular complexity index is 515. The molecule has 0 bridgehead atoms. The summed E-state index contributed by atoms with van der Waals surface area (Å²) >= 11 is 6.03. The molecule has 4 nitrogen and oxygen atoms in total. The monoisotopic (exact) mass is 263 g/mol. The molecule has 94 valence electrons. The van der Waals surface area contributed by atoms with E-state index >= 15 is 0 Å². The fourth-order valence-corrected chi connectivity index (χ4v) is 2.79. The van der Waals surface area contributed by atoms with Crippen molar-refractivity contribution in [1.82, 2.24) is 4.98 Å². The number of rotatable bonds is 1. The summed E-state index contributed by atoms with van der Waals surface area (Å²) < 4.78 is 0. The summed E-state index contributed by atoms with van der Waals surface area (Å²) in [5.74, 6) is 0.00516. The number of anilines is 1. The van der Waals surface area contributed by atoms with Crippen molar-refractivity contribution in [2.45, 2.75) is 32.1 Å². The number of hydrogen-bond donors (Lipinski definition) is 0. The zero-order chi connectivity index (χ0) is 12.5. The van der Waals surface area contributed by atoms with E-state index in [0.717, 1.165) is 31.4 Å². The quantitative estimate of drug-likeness (QED) is 0.731. The number of amides is 1. The van der Waals surface area contributed by atoms with E-state index in [1.165, 1.54) is 11.4 Å². The van der Waals surface area contributed by atoms with Crippen molar-refractivity contribution < 1.29 is 4.79 Å². The predicted molar refractivity (Wildman–Crippen MR) is 70.7 cm³/mol. The second kappa shape index (κ2) is 4.69. The third kappa shape index (κ3) is 1.90. The Morgan fingerprint density at radius 1 is 1.33 bits per heavy atom. The largest absolute Gasteiger partial charge is 0.272 e. The van der Waals surface area contributed by atoms with Gasteiger partial charge >= 0.3 is 0 Å². The maximum absolute atomic E-state index is 12.4. The molecule has 18 heavy (non-hydrogen) atoms. The summed E-state index contributed by atoms with van der Waals surface area (Å²) in [5, 5.41) is 6.21. The Kier molecular flexibility index (Phi) is 3.04. The molecule has 1 aliphatic heterocycles. The molecule has 1 aromatic rings. The van der Waals surface area contributed by atoms with Crippen LogP contribution in [-0.2, 0) is 4.79 Å². The van der Waals surface area contributed by atoms with Crippen LogP contribution in [0.25, 0.3) is 0 Å². The number of hydrogen-bond acceptors (Lipinski definition) is 3. The smallest absolute Gasteiger partial charge is 0.256 e. The standard InChI is InChI=1S/C13H14ClN3O/c14-12-11(7-4-8-15-12)17-13(18)9-5-2-1-3-6-10(9)16-17/h4,7-9H,1-3,5-6H2. The molecule has 5 heteroatoms. The summed E-state index contributed by atoms with van der Waals surface area (Å²) in [4.78, 5) is 16.4. The maximum Gasteiger partial charge on any atom is 0.256 e. The molecule has 1 amide bonds. The molecule has 2 heterocycles. The topological polar surface area (TPSA) is 45.6 Å². The highest BCUT2D eigenvalue weighted by molar-refractivity contribution is 6.33. The van der Waals surface area contributed by atoms with Crippen LogP contribution in [0.3, 0.4) is 0 Å². The van der Waals surface area contributed by atoms with Gasteiger partial charge in [-0.3, -0.25) is 4.79 Å². The molecule has 0 N–H and O–H groups in total. The summed E-state index contributed by atoms with van der Waals surface area (Å²) in [7, 11) is 0. The number of pyridine rings is 1.